The zero-order valence-corrected chi connectivity index (χ0v) is 16.1. The van der Waals surface area contributed by atoms with E-state index >= 15 is 0 Å². The van der Waals surface area contributed by atoms with E-state index < -0.39 is 0 Å². The van der Waals surface area contributed by atoms with E-state index in [0.717, 1.165) is 40.5 Å². The van der Waals surface area contributed by atoms with Gasteiger partial charge >= 0.3 is 5.69 Å². The number of aryl methyl sites for hydroxylation is 1. The molecule has 0 saturated heterocycles. The van der Waals surface area contributed by atoms with Crippen molar-refractivity contribution in [2.45, 2.75) is 25.9 Å². The average molecular weight is 400 g/mol. The van der Waals surface area contributed by atoms with Gasteiger partial charge in [0, 0.05) is 16.3 Å². The van der Waals surface area contributed by atoms with Crippen molar-refractivity contribution in [3.63, 3.8) is 0 Å². The number of hydrogen-bond acceptors (Lipinski definition) is 5. The summed E-state index contributed by atoms with van der Waals surface area (Å²) in [4.78, 5) is 14.6. The molecule has 0 bridgehead atoms. The van der Waals surface area contributed by atoms with Crippen LogP contribution in [0.3, 0.4) is 0 Å². The molecule has 0 amide bonds. The van der Waals surface area contributed by atoms with Gasteiger partial charge in [-0.25, -0.2) is 13.9 Å². The van der Waals surface area contributed by atoms with Gasteiger partial charge in [-0.2, -0.15) is 5.10 Å². The molecule has 0 radical (unpaired) electrons. The van der Waals surface area contributed by atoms with Crippen LogP contribution in [0.1, 0.15) is 16.9 Å². The molecule has 2 N–H and O–H groups in total. The van der Waals surface area contributed by atoms with Gasteiger partial charge in [0.15, 0.2) is 0 Å². The van der Waals surface area contributed by atoms with Crippen LogP contribution in [0.15, 0.2) is 53.4 Å². The summed E-state index contributed by atoms with van der Waals surface area (Å²) in [7, 11) is 0. The van der Waals surface area contributed by atoms with Crippen LogP contribution in [-0.4, -0.2) is 27.5 Å². The zero-order valence-electron chi connectivity index (χ0n) is 15.3. The van der Waals surface area contributed by atoms with Crippen LogP contribution in [0.25, 0.3) is 10.4 Å². The molecule has 2 aromatic heterocycles. The quantitative estimate of drug-likeness (QED) is 0.690. The number of hydrogen-bond donors (Lipinski definition) is 1. The molecule has 146 valence electrons. The molecule has 0 atom stereocenters. The van der Waals surface area contributed by atoms with Gasteiger partial charge in [-0.05, 0) is 59.9 Å². The molecule has 1 aromatic carbocycles. The number of ether oxygens (including phenoxy) is 1. The standard InChI is InChI=1S/C20H21FN4O2S/c21-9-14(10-22)11-25-20(26)24(13-23-25)12-17-4-6-19(28-17)16-3-5-18-15(8-16)2-1-7-27-18/h3-6,8-9,13H,1-2,7,10-12,22H2/b14-9+. The van der Waals surface area contributed by atoms with Crippen molar-refractivity contribution in [3.05, 3.63) is 69.5 Å². The molecule has 0 aliphatic carbocycles. The molecule has 28 heavy (non-hydrogen) atoms. The molecule has 0 spiro atoms. The third-order valence-corrected chi connectivity index (χ3v) is 5.87. The number of thiophene rings is 1. The molecule has 0 saturated carbocycles. The topological polar surface area (TPSA) is 75.1 Å². The first kappa shape index (κ1) is 18.6. The number of aromatic nitrogens is 3. The average Bonchev–Trinajstić information content (AvgIpc) is 3.33. The fourth-order valence-electron chi connectivity index (χ4n) is 3.22. The minimum atomic E-state index is -0.284. The predicted octanol–water partition coefficient (Wildman–Crippen LogP) is 2.96. The van der Waals surface area contributed by atoms with E-state index in [-0.39, 0.29) is 18.8 Å². The lowest BCUT2D eigenvalue weighted by atomic mass is 10.0. The summed E-state index contributed by atoms with van der Waals surface area (Å²) < 4.78 is 21.1. The minimum Gasteiger partial charge on any atom is -0.493 e. The largest absolute Gasteiger partial charge is 0.493 e. The summed E-state index contributed by atoms with van der Waals surface area (Å²) in [5.41, 5.74) is 7.89. The Hall–Kier alpha value is -2.71. The molecule has 1 aliphatic rings. The maximum atomic E-state index is 12.7. The van der Waals surface area contributed by atoms with Crippen molar-refractivity contribution in [3.8, 4) is 16.2 Å². The highest BCUT2D eigenvalue weighted by atomic mass is 32.1. The number of rotatable bonds is 6. The molecule has 3 aromatic rings. The van der Waals surface area contributed by atoms with E-state index in [1.54, 1.807) is 11.3 Å². The van der Waals surface area contributed by atoms with Crippen molar-refractivity contribution < 1.29 is 9.13 Å². The first-order valence-electron chi connectivity index (χ1n) is 9.13. The second-order valence-corrected chi connectivity index (χ2v) is 7.88. The van der Waals surface area contributed by atoms with Crippen molar-refractivity contribution in [2.75, 3.05) is 13.2 Å². The monoisotopic (exact) mass is 400 g/mol. The van der Waals surface area contributed by atoms with Gasteiger partial charge in [0.1, 0.15) is 12.1 Å². The van der Waals surface area contributed by atoms with Crippen molar-refractivity contribution >= 4 is 11.3 Å². The van der Waals surface area contributed by atoms with Crippen LogP contribution in [0.4, 0.5) is 4.39 Å². The number of nitrogens with two attached hydrogens (primary N) is 1. The summed E-state index contributed by atoms with van der Waals surface area (Å²) in [5.74, 6) is 0.977. The SMILES string of the molecule is NC/C(=C\F)Cn1ncn(Cc2ccc(-c3ccc4c(c3)CCCO4)s2)c1=O. The van der Waals surface area contributed by atoms with Crippen molar-refractivity contribution in [1.29, 1.82) is 0 Å². The molecule has 8 heteroatoms. The second kappa shape index (κ2) is 8.12. The van der Waals surface area contributed by atoms with Gasteiger partial charge in [-0.15, -0.1) is 11.3 Å². The predicted molar refractivity (Wildman–Crippen MR) is 107 cm³/mol. The molecule has 6 nitrogen and oxygen atoms in total. The fourth-order valence-corrected chi connectivity index (χ4v) is 4.23. The number of benzene rings is 1. The zero-order chi connectivity index (χ0) is 19.5. The van der Waals surface area contributed by atoms with Gasteiger partial charge in [0.2, 0.25) is 0 Å². The Morgan fingerprint density at radius 3 is 3.07 bits per heavy atom. The molecular weight excluding hydrogens is 379 g/mol. The Morgan fingerprint density at radius 2 is 2.25 bits per heavy atom. The van der Waals surface area contributed by atoms with Crippen LogP contribution in [0, 0.1) is 0 Å². The van der Waals surface area contributed by atoms with Crippen LogP contribution in [0.5, 0.6) is 5.75 Å². The third kappa shape index (κ3) is 3.79. The van der Waals surface area contributed by atoms with Gasteiger partial charge in [-0.1, -0.05) is 0 Å². The smallest absolute Gasteiger partial charge is 0.346 e. The first-order valence-corrected chi connectivity index (χ1v) is 9.95. The number of fused-ring (bicyclic) bond motifs is 1. The summed E-state index contributed by atoms with van der Waals surface area (Å²) >= 11 is 1.64. The highest BCUT2D eigenvalue weighted by Gasteiger charge is 2.13. The lowest BCUT2D eigenvalue weighted by molar-refractivity contribution is 0.288. The first-order chi connectivity index (χ1) is 13.7. The Balaban J connectivity index is 1.51. The normalized spacial score (nSPS) is 14.0. The van der Waals surface area contributed by atoms with E-state index in [0.29, 0.717) is 18.4 Å². The van der Waals surface area contributed by atoms with E-state index in [1.807, 2.05) is 12.1 Å². The maximum absolute atomic E-state index is 12.7. The van der Waals surface area contributed by atoms with Crippen LogP contribution >= 0.6 is 11.3 Å². The van der Waals surface area contributed by atoms with Gasteiger partial charge in [-0.3, -0.25) is 4.57 Å². The minimum absolute atomic E-state index is 0.0515. The molecule has 3 heterocycles. The summed E-state index contributed by atoms with van der Waals surface area (Å²) in [6.45, 7) is 1.32. The summed E-state index contributed by atoms with van der Waals surface area (Å²) in [6.07, 6.45) is 3.99. The van der Waals surface area contributed by atoms with Crippen LogP contribution in [0.2, 0.25) is 0 Å². The molecule has 0 unspecified atom stereocenters. The van der Waals surface area contributed by atoms with E-state index in [4.69, 9.17) is 10.5 Å². The van der Waals surface area contributed by atoms with Crippen LogP contribution in [-0.2, 0) is 19.5 Å². The van der Waals surface area contributed by atoms with E-state index in [2.05, 4.69) is 23.3 Å². The Kier molecular flexibility index (Phi) is 5.40. The Morgan fingerprint density at radius 1 is 1.36 bits per heavy atom. The highest BCUT2D eigenvalue weighted by Crippen LogP contribution is 2.33. The number of nitrogens with zero attached hydrogens (tertiary/aromatic N) is 3. The van der Waals surface area contributed by atoms with Gasteiger partial charge in [0.25, 0.3) is 0 Å². The molecule has 0 fully saturated rings. The molecular formula is C20H21FN4O2S. The van der Waals surface area contributed by atoms with Gasteiger partial charge < -0.3 is 10.5 Å². The van der Waals surface area contributed by atoms with E-state index in [1.165, 1.54) is 21.1 Å². The molecule has 1 aliphatic heterocycles. The maximum Gasteiger partial charge on any atom is 0.346 e. The lowest BCUT2D eigenvalue weighted by Crippen LogP contribution is -2.26. The van der Waals surface area contributed by atoms with Gasteiger partial charge in [0.05, 0.1) is 26.0 Å². The third-order valence-electron chi connectivity index (χ3n) is 4.75. The van der Waals surface area contributed by atoms with E-state index in [9.17, 15) is 9.18 Å². The van der Waals surface area contributed by atoms with Crippen LogP contribution < -0.4 is 16.2 Å². The van der Waals surface area contributed by atoms with Crippen molar-refractivity contribution in [2.24, 2.45) is 5.73 Å². The second-order valence-electron chi connectivity index (χ2n) is 6.71. The van der Waals surface area contributed by atoms with Crippen molar-refractivity contribution in [1.82, 2.24) is 14.3 Å². The summed E-state index contributed by atoms with van der Waals surface area (Å²) in [6, 6.07) is 10.4. The fraction of sp³-hybridized carbons (Fsp3) is 0.300. The molecule has 4 rings (SSSR count). The lowest BCUT2D eigenvalue weighted by Gasteiger charge is -2.17. The summed E-state index contributed by atoms with van der Waals surface area (Å²) in [5, 5.41) is 4.06. The Labute approximate surface area is 165 Å². The highest BCUT2D eigenvalue weighted by molar-refractivity contribution is 7.15. The number of halogens is 1. The Bertz CT molecular complexity index is 1070.